The molecule has 0 bridgehead atoms. The van der Waals surface area contributed by atoms with E-state index in [9.17, 15) is 4.39 Å². The van der Waals surface area contributed by atoms with Crippen LogP contribution in [0.4, 0.5) is 4.39 Å². The molecule has 0 aliphatic carbocycles. The maximum Gasteiger partial charge on any atom is 0.191 e. The highest BCUT2D eigenvalue weighted by Crippen LogP contribution is 2.09. The molecule has 0 fully saturated rings. The summed E-state index contributed by atoms with van der Waals surface area (Å²) >= 11 is 0. The number of aliphatic imine (C=N–C) groups is 1. The number of aromatic nitrogens is 2. The molecule has 7 heteroatoms. The van der Waals surface area contributed by atoms with Crippen molar-refractivity contribution in [3.05, 3.63) is 72.2 Å². The van der Waals surface area contributed by atoms with Crippen LogP contribution in [0.2, 0.25) is 0 Å². The number of nitrogens with one attached hydrogen (secondary N) is 2. The Labute approximate surface area is 164 Å². The van der Waals surface area contributed by atoms with Crippen molar-refractivity contribution in [3.8, 4) is 5.69 Å². The van der Waals surface area contributed by atoms with Gasteiger partial charge in [-0.1, -0.05) is 6.92 Å². The number of furan rings is 1. The van der Waals surface area contributed by atoms with E-state index in [1.54, 1.807) is 23.1 Å². The molecule has 1 aromatic carbocycles. The number of rotatable bonds is 8. The summed E-state index contributed by atoms with van der Waals surface area (Å²) in [5.41, 5.74) is 1.65. The summed E-state index contributed by atoms with van der Waals surface area (Å²) in [6.07, 6.45) is 5.31. The number of guanidine groups is 1. The monoisotopic (exact) mass is 383 g/mol. The molecule has 6 nitrogen and oxygen atoms in total. The van der Waals surface area contributed by atoms with Crippen molar-refractivity contribution >= 4 is 5.96 Å². The van der Waals surface area contributed by atoms with Crippen molar-refractivity contribution in [1.29, 1.82) is 0 Å². The van der Waals surface area contributed by atoms with Gasteiger partial charge in [-0.25, -0.2) is 14.1 Å². The number of nitrogens with zero attached hydrogens (tertiary/aromatic N) is 3. The average Bonchev–Trinajstić information content (AvgIpc) is 3.38. The molecule has 2 heterocycles. The van der Waals surface area contributed by atoms with Gasteiger partial charge < -0.3 is 15.1 Å². The smallest absolute Gasteiger partial charge is 0.191 e. The van der Waals surface area contributed by atoms with E-state index < -0.39 is 0 Å². The quantitative estimate of drug-likeness (QED) is 0.460. The van der Waals surface area contributed by atoms with E-state index in [-0.39, 0.29) is 5.82 Å². The lowest BCUT2D eigenvalue weighted by Gasteiger charge is -2.16. The molecule has 0 amide bonds. The molecule has 28 heavy (non-hydrogen) atoms. The molecule has 0 radical (unpaired) electrons. The number of hydrogen-bond donors (Lipinski definition) is 2. The van der Waals surface area contributed by atoms with E-state index in [2.05, 4.69) is 34.6 Å². The first-order valence-electron chi connectivity index (χ1n) is 9.51. The van der Waals surface area contributed by atoms with Crippen LogP contribution in [0.15, 0.2) is 64.3 Å². The molecule has 0 saturated carbocycles. The molecule has 2 N–H and O–H groups in total. The van der Waals surface area contributed by atoms with Crippen LogP contribution in [0.3, 0.4) is 0 Å². The Morgan fingerprint density at radius 2 is 2.07 bits per heavy atom. The van der Waals surface area contributed by atoms with Gasteiger partial charge in [0.25, 0.3) is 0 Å². The highest BCUT2D eigenvalue weighted by atomic mass is 19.1. The number of halogens is 1. The molecule has 1 unspecified atom stereocenters. The molecule has 3 rings (SSSR count). The third-order valence-electron chi connectivity index (χ3n) is 4.37. The first kappa shape index (κ1) is 19.7. The second kappa shape index (κ2) is 9.73. The minimum absolute atomic E-state index is 0.262. The SMILES string of the molecule is CCC(C)NC(=NCc1ccn(-c2ccc(F)cc2)n1)NCCc1ccco1. The van der Waals surface area contributed by atoms with Crippen LogP contribution in [-0.2, 0) is 13.0 Å². The molecule has 0 spiro atoms. The third kappa shape index (κ3) is 5.70. The fraction of sp³-hybridized carbons (Fsp3) is 0.333. The summed E-state index contributed by atoms with van der Waals surface area (Å²) in [6.45, 7) is 5.41. The summed E-state index contributed by atoms with van der Waals surface area (Å²) in [5.74, 6) is 1.42. The molecule has 2 aromatic heterocycles. The lowest BCUT2D eigenvalue weighted by molar-refractivity contribution is 0.506. The van der Waals surface area contributed by atoms with Crippen LogP contribution in [0.1, 0.15) is 31.7 Å². The van der Waals surface area contributed by atoms with Crippen molar-refractivity contribution in [2.45, 2.75) is 39.3 Å². The Morgan fingerprint density at radius 3 is 2.79 bits per heavy atom. The molecule has 0 aliphatic heterocycles. The van der Waals surface area contributed by atoms with Crippen LogP contribution < -0.4 is 10.6 Å². The van der Waals surface area contributed by atoms with Crippen molar-refractivity contribution in [3.63, 3.8) is 0 Å². The fourth-order valence-corrected chi connectivity index (χ4v) is 2.59. The Kier molecular flexibility index (Phi) is 6.84. The van der Waals surface area contributed by atoms with Crippen LogP contribution in [0, 0.1) is 5.82 Å². The van der Waals surface area contributed by atoms with Crippen molar-refractivity contribution in [1.82, 2.24) is 20.4 Å². The van der Waals surface area contributed by atoms with Gasteiger partial charge in [0.15, 0.2) is 5.96 Å². The molecule has 0 aliphatic rings. The molecule has 3 aromatic rings. The molecule has 1 atom stereocenters. The van der Waals surface area contributed by atoms with Crippen LogP contribution >= 0.6 is 0 Å². The predicted octanol–water partition coefficient (Wildman–Crippen LogP) is 3.68. The molecule has 0 saturated heterocycles. The van der Waals surface area contributed by atoms with Crippen molar-refractivity contribution in [2.24, 2.45) is 4.99 Å². The summed E-state index contributed by atoms with van der Waals surface area (Å²) in [6, 6.07) is 12.3. The topological polar surface area (TPSA) is 67.4 Å². The standard InChI is InChI=1S/C21H26FN5O/c1-3-16(2)25-21(23-12-10-20-5-4-14-28-20)24-15-18-11-13-27(26-18)19-8-6-17(22)7-9-19/h4-9,11,13-14,16H,3,10,12,15H2,1-2H3,(H2,23,24,25). The van der Waals surface area contributed by atoms with Gasteiger partial charge in [-0.2, -0.15) is 5.10 Å². The zero-order valence-electron chi connectivity index (χ0n) is 16.2. The summed E-state index contributed by atoms with van der Waals surface area (Å²) in [4.78, 5) is 4.65. The first-order chi connectivity index (χ1) is 13.6. The zero-order valence-corrected chi connectivity index (χ0v) is 16.2. The highest BCUT2D eigenvalue weighted by molar-refractivity contribution is 5.80. The minimum Gasteiger partial charge on any atom is -0.469 e. The van der Waals surface area contributed by atoms with Gasteiger partial charge in [0.2, 0.25) is 0 Å². The summed E-state index contributed by atoms with van der Waals surface area (Å²) < 4.78 is 20.2. The van der Waals surface area contributed by atoms with E-state index >= 15 is 0 Å². The largest absolute Gasteiger partial charge is 0.469 e. The average molecular weight is 383 g/mol. The number of benzene rings is 1. The van der Waals surface area contributed by atoms with Crippen LogP contribution in [0.25, 0.3) is 5.69 Å². The Morgan fingerprint density at radius 1 is 1.25 bits per heavy atom. The molecule has 148 valence electrons. The maximum atomic E-state index is 13.1. The van der Waals surface area contributed by atoms with E-state index in [0.29, 0.717) is 12.6 Å². The summed E-state index contributed by atoms with van der Waals surface area (Å²) in [7, 11) is 0. The van der Waals surface area contributed by atoms with E-state index in [0.717, 1.165) is 42.5 Å². The van der Waals surface area contributed by atoms with Gasteiger partial charge in [-0.3, -0.25) is 0 Å². The van der Waals surface area contributed by atoms with E-state index in [4.69, 9.17) is 4.42 Å². The van der Waals surface area contributed by atoms with Gasteiger partial charge in [0, 0.05) is 25.2 Å². The maximum absolute atomic E-state index is 13.1. The predicted molar refractivity (Wildman–Crippen MR) is 108 cm³/mol. The molecular weight excluding hydrogens is 357 g/mol. The first-order valence-corrected chi connectivity index (χ1v) is 9.51. The van der Waals surface area contributed by atoms with Gasteiger partial charge in [-0.15, -0.1) is 0 Å². The Bertz CT molecular complexity index is 871. The number of hydrogen-bond acceptors (Lipinski definition) is 3. The highest BCUT2D eigenvalue weighted by Gasteiger charge is 2.06. The Hall–Kier alpha value is -3.09. The fourth-order valence-electron chi connectivity index (χ4n) is 2.59. The normalized spacial score (nSPS) is 12.8. The Balaban J connectivity index is 1.61. The minimum atomic E-state index is -0.262. The second-order valence-corrected chi connectivity index (χ2v) is 6.60. The van der Waals surface area contributed by atoms with E-state index in [1.165, 1.54) is 12.1 Å². The van der Waals surface area contributed by atoms with Gasteiger partial charge in [0.05, 0.1) is 24.2 Å². The van der Waals surface area contributed by atoms with Gasteiger partial charge >= 0.3 is 0 Å². The van der Waals surface area contributed by atoms with Crippen molar-refractivity contribution < 1.29 is 8.81 Å². The van der Waals surface area contributed by atoms with Gasteiger partial charge in [-0.05, 0) is 55.8 Å². The van der Waals surface area contributed by atoms with E-state index in [1.807, 2.05) is 24.4 Å². The third-order valence-corrected chi connectivity index (χ3v) is 4.37. The molecular formula is C21H26FN5O. The summed E-state index contributed by atoms with van der Waals surface area (Å²) in [5, 5.41) is 11.3. The zero-order chi connectivity index (χ0) is 19.8. The van der Waals surface area contributed by atoms with Gasteiger partial charge in [0.1, 0.15) is 11.6 Å². The van der Waals surface area contributed by atoms with Crippen molar-refractivity contribution in [2.75, 3.05) is 6.54 Å². The lowest BCUT2D eigenvalue weighted by atomic mass is 10.3. The van der Waals surface area contributed by atoms with Crippen LogP contribution in [-0.4, -0.2) is 28.3 Å². The lowest BCUT2D eigenvalue weighted by Crippen LogP contribution is -2.42. The van der Waals surface area contributed by atoms with Crippen LogP contribution in [0.5, 0.6) is 0 Å². The second-order valence-electron chi connectivity index (χ2n) is 6.60.